The number of hydrogen-bond donors (Lipinski definition) is 2. The molecule has 1 fully saturated rings. The maximum absolute atomic E-state index is 13.4. The lowest BCUT2D eigenvalue weighted by Gasteiger charge is -2.23. The number of nitrogens with one attached hydrogen (secondary N) is 1. The summed E-state index contributed by atoms with van der Waals surface area (Å²) in [6.45, 7) is 4.83. The number of carbonyl (C=O) groups excluding carboxylic acids is 2. The van der Waals surface area contributed by atoms with E-state index in [0.717, 1.165) is 16.7 Å². The molecule has 4 rings (SSSR count). The van der Waals surface area contributed by atoms with Crippen molar-refractivity contribution in [2.45, 2.75) is 32.7 Å². The van der Waals surface area contributed by atoms with Gasteiger partial charge in [-0.1, -0.05) is 47.6 Å². The Morgan fingerprint density at radius 2 is 1.78 bits per heavy atom. The van der Waals surface area contributed by atoms with Crippen molar-refractivity contribution >= 4 is 17.5 Å². The first-order valence-electron chi connectivity index (χ1n) is 12.0. The number of nitrogens with zero attached hydrogens (tertiary/aromatic N) is 2. The monoisotopic (exact) mass is 485 g/mol. The van der Waals surface area contributed by atoms with Crippen molar-refractivity contribution < 1.29 is 19.5 Å². The van der Waals surface area contributed by atoms with Crippen LogP contribution in [0.5, 0.6) is 5.75 Å². The minimum Gasteiger partial charge on any atom is -0.508 e. The third kappa shape index (κ3) is 5.57. The Morgan fingerprint density at radius 1 is 1.06 bits per heavy atom. The number of rotatable bonds is 7. The molecule has 2 N–H and O–H groups in total. The van der Waals surface area contributed by atoms with Crippen LogP contribution >= 0.6 is 0 Å². The topological polar surface area (TPSA) is 91.2 Å². The average molecular weight is 486 g/mol. The number of aryl methyl sites for hydroxylation is 1. The molecule has 3 aromatic rings. The van der Waals surface area contributed by atoms with Gasteiger partial charge in [0.05, 0.1) is 12.3 Å². The van der Waals surface area contributed by atoms with Crippen molar-refractivity contribution in [3.63, 3.8) is 0 Å². The molecule has 3 aromatic carbocycles. The summed E-state index contributed by atoms with van der Waals surface area (Å²) in [4.78, 5) is 33.0. The number of aromatic hydroxyl groups is 1. The Bertz CT molecular complexity index is 1270. The summed E-state index contributed by atoms with van der Waals surface area (Å²) in [6, 6.07) is 19.9. The lowest BCUT2D eigenvalue weighted by molar-refractivity contribution is -0.124. The highest BCUT2D eigenvalue weighted by Gasteiger charge is 2.38. The number of carbonyl (C=O) groups is 2. The van der Waals surface area contributed by atoms with Crippen molar-refractivity contribution in [3.8, 4) is 16.9 Å². The molecule has 0 bridgehead atoms. The molecule has 36 heavy (non-hydrogen) atoms. The van der Waals surface area contributed by atoms with Gasteiger partial charge in [0, 0.05) is 18.5 Å². The van der Waals surface area contributed by atoms with Crippen LogP contribution in [-0.2, 0) is 16.1 Å². The highest BCUT2D eigenvalue weighted by Crippen LogP contribution is 2.27. The van der Waals surface area contributed by atoms with E-state index in [1.54, 1.807) is 17.0 Å². The summed E-state index contributed by atoms with van der Waals surface area (Å²) in [5.41, 5.74) is 6.77. The fourth-order valence-electron chi connectivity index (χ4n) is 4.48. The first-order valence-corrected chi connectivity index (χ1v) is 12.0. The summed E-state index contributed by atoms with van der Waals surface area (Å²) in [6.07, 6.45) is 0.941. The molecule has 0 unspecified atom stereocenters. The Labute approximate surface area is 211 Å². The zero-order valence-electron chi connectivity index (χ0n) is 20.8. The van der Waals surface area contributed by atoms with Crippen LogP contribution in [0.3, 0.4) is 0 Å². The predicted molar refractivity (Wildman–Crippen MR) is 140 cm³/mol. The van der Waals surface area contributed by atoms with Crippen molar-refractivity contribution in [1.29, 1.82) is 0 Å². The van der Waals surface area contributed by atoms with Crippen LogP contribution in [0.4, 0.5) is 0 Å². The fourth-order valence-corrected chi connectivity index (χ4v) is 4.48. The van der Waals surface area contributed by atoms with Crippen LogP contribution in [-0.4, -0.2) is 53.8 Å². The van der Waals surface area contributed by atoms with Gasteiger partial charge in [-0.3, -0.25) is 9.59 Å². The van der Waals surface area contributed by atoms with Gasteiger partial charge >= 0.3 is 0 Å². The molecule has 1 aliphatic heterocycles. The molecule has 1 aliphatic rings. The van der Waals surface area contributed by atoms with E-state index in [9.17, 15) is 14.7 Å². The third-order valence-corrected chi connectivity index (χ3v) is 6.64. The molecule has 2 amide bonds. The van der Waals surface area contributed by atoms with E-state index in [1.165, 1.54) is 18.2 Å². The van der Waals surface area contributed by atoms with E-state index in [4.69, 9.17) is 4.84 Å². The first kappa shape index (κ1) is 25.0. The number of phenols is 1. The Morgan fingerprint density at radius 3 is 2.47 bits per heavy atom. The molecule has 1 atom stereocenters. The second-order valence-electron chi connectivity index (χ2n) is 9.03. The van der Waals surface area contributed by atoms with Gasteiger partial charge in [-0.25, -0.2) is 0 Å². The molecule has 0 aromatic heterocycles. The number of amides is 2. The highest BCUT2D eigenvalue weighted by atomic mass is 16.6. The number of oxime groups is 1. The Kier molecular flexibility index (Phi) is 7.68. The normalized spacial score (nSPS) is 16.2. The van der Waals surface area contributed by atoms with E-state index in [-0.39, 0.29) is 24.1 Å². The molecule has 0 aliphatic carbocycles. The highest BCUT2D eigenvalue weighted by molar-refractivity contribution is 6.05. The van der Waals surface area contributed by atoms with E-state index < -0.39 is 6.04 Å². The largest absolute Gasteiger partial charge is 0.508 e. The van der Waals surface area contributed by atoms with Crippen LogP contribution in [0.1, 0.15) is 33.5 Å². The van der Waals surface area contributed by atoms with Crippen molar-refractivity contribution in [2.75, 3.05) is 20.2 Å². The lowest BCUT2D eigenvalue weighted by atomic mass is 9.96. The number of benzene rings is 3. The molecule has 0 radical (unpaired) electrons. The van der Waals surface area contributed by atoms with Gasteiger partial charge in [0.1, 0.15) is 18.9 Å². The lowest BCUT2D eigenvalue weighted by Crippen LogP contribution is -2.46. The van der Waals surface area contributed by atoms with Gasteiger partial charge in [-0.05, 0) is 72.4 Å². The van der Waals surface area contributed by atoms with Gasteiger partial charge in [-0.15, -0.1) is 0 Å². The minimum atomic E-state index is -0.662. The fraction of sp³-hybridized carbons (Fsp3) is 0.276. The molecular weight excluding hydrogens is 454 g/mol. The summed E-state index contributed by atoms with van der Waals surface area (Å²) < 4.78 is 0. The molecular formula is C29H31N3O4. The van der Waals surface area contributed by atoms with Crippen LogP contribution < -0.4 is 5.32 Å². The van der Waals surface area contributed by atoms with E-state index in [0.29, 0.717) is 30.7 Å². The first-order chi connectivity index (χ1) is 17.4. The minimum absolute atomic E-state index is 0.204. The summed E-state index contributed by atoms with van der Waals surface area (Å²) in [7, 11) is 1.45. The molecule has 1 saturated heterocycles. The Balaban J connectivity index is 1.47. The second kappa shape index (κ2) is 11.1. The van der Waals surface area contributed by atoms with Crippen LogP contribution in [0, 0.1) is 13.8 Å². The number of likely N-dealkylation sites (tertiary alicyclic amines) is 1. The summed E-state index contributed by atoms with van der Waals surface area (Å²) in [5, 5.41) is 16.4. The van der Waals surface area contributed by atoms with Crippen LogP contribution in [0.15, 0.2) is 71.9 Å². The van der Waals surface area contributed by atoms with Gasteiger partial charge in [-0.2, -0.15) is 0 Å². The van der Waals surface area contributed by atoms with E-state index in [1.807, 2.05) is 42.5 Å². The van der Waals surface area contributed by atoms with Gasteiger partial charge < -0.3 is 20.2 Å². The standard InChI is InChI=1S/C29H31N3O4/c1-19-5-4-6-26(20(19)2)22-9-11-23(12-10-22)29(35)32-18-24(31-36-3)17-27(32)28(34)30-16-15-21-7-13-25(33)14-8-21/h4-14,27,33H,15-18H2,1-3H3,(H,30,34)/b31-24-/t27-/m0/s1. The van der Waals surface area contributed by atoms with Gasteiger partial charge in [0.15, 0.2) is 0 Å². The quantitative estimate of drug-likeness (QED) is 0.490. The maximum Gasteiger partial charge on any atom is 0.254 e. The van der Waals surface area contributed by atoms with Crippen molar-refractivity contribution in [3.05, 3.63) is 89.0 Å². The van der Waals surface area contributed by atoms with Crippen molar-refractivity contribution in [2.24, 2.45) is 5.16 Å². The molecule has 1 heterocycles. The van der Waals surface area contributed by atoms with E-state index >= 15 is 0 Å². The zero-order valence-corrected chi connectivity index (χ0v) is 20.8. The Hall–Kier alpha value is -4.13. The average Bonchev–Trinajstić information content (AvgIpc) is 3.31. The van der Waals surface area contributed by atoms with Crippen LogP contribution in [0.2, 0.25) is 0 Å². The predicted octanol–water partition coefficient (Wildman–Crippen LogP) is 4.25. The van der Waals surface area contributed by atoms with E-state index in [2.05, 4.69) is 36.5 Å². The number of phenolic OH excluding ortho intramolecular Hbond substituents is 1. The summed E-state index contributed by atoms with van der Waals surface area (Å²) >= 11 is 0. The molecule has 0 saturated carbocycles. The smallest absolute Gasteiger partial charge is 0.254 e. The number of hydrogen-bond acceptors (Lipinski definition) is 5. The second-order valence-corrected chi connectivity index (χ2v) is 9.03. The van der Waals surface area contributed by atoms with Gasteiger partial charge in [0.2, 0.25) is 5.91 Å². The molecule has 186 valence electrons. The third-order valence-electron chi connectivity index (χ3n) is 6.64. The van der Waals surface area contributed by atoms with Gasteiger partial charge in [0.25, 0.3) is 5.91 Å². The molecule has 7 nitrogen and oxygen atoms in total. The maximum atomic E-state index is 13.4. The van der Waals surface area contributed by atoms with Crippen LogP contribution in [0.25, 0.3) is 11.1 Å². The summed E-state index contributed by atoms with van der Waals surface area (Å²) in [5.74, 6) is -0.243. The van der Waals surface area contributed by atoms with Crippen molar-refractivity contribution in [1.82, 2.24) is 10.2 Å². The molecule has 0 spiro atoms. The molecule has 7 heteroatoms. The SMILES string of the molecule is CO/N=C1/C[C@@H](C(=O)NCCc2ccc(O)cc2)N(C(=O)c2ccc(-c3cccc(C)c3C)cc2)C1. The zero-order chi connectivity index (χ0) is 25.7.